The van der Waals surface area contributed by atoms with Gasteiger partial charge in [-0.2, -0.15) is 0 Å². The maximum absolute atomic E-state index is 16.3. The van der Waals surface area contributed by atoms with E-state index in [-0.39, 0.29) is 47.3 Å². The number of hydrogen-bond acceptors (Lipinski definition) is 4. The zero-order chi connectivity index (χ0) is 57.2. The third-order valence-electron chi connectivity index (χ3n) is 17.1. The summed E-state index contributed by atoms with van der Waals surface area (Å²) < 4.78 is 0. The molecule has 0 aromatic heterocycles. The molecule has 0 N–H and O–H groups in total. The Morgan fingerprint density at radius 1 is 0.333 bits per heavy atom. The second-order valence-electron chi connectivity index (χ2n) is 29.7. The number of carbonyl (C=O) groups is 4. The second kappa shape index (κ2) is 20.5. The van der Waals surface area contributed by atoms with Gasteiger partial charge in [-0.3, -0.25) is 19.2 Å². The van der Waals surface area contributed by atoms with Gasteiger partial charge in [-0.1, -0.05) is 195 Å². The van der Waals surface area contributed by atoms with E-state index in [1.165, 1.54) is 0 Å². The number of aryl methyl sites for hydroxylation is 4. The fourth-order valence-electron chi connectivity index (χ4n) is 12.7. The lowest BCUT2D eigenvalue weighted by molar-refractivity contribution is 0.0876. The molecule has 6 nitrogen and oxygen atoms in total. The van der Waals surface area contributed by atoms with Crippen LogP contribution in [0, 0.1) is 0 Å². The van der Waals surface area contributed by atoms with E-state index in [1.54, 1.807) is 9.80 Å². The van der Waals surface area contributed by atoms with Crippen LogP contribution in [0.25, 0.3) is 43.1 Å². The summed E-state index contributed by atoms with van der Waals surface area (Å²) in [7, 11) is -6.76. The highest BCUT2D eigenvalue weighted by Crippen LogP contribution is 2.53. The number of para-hydroxylation sites is 2. The molecule has 7 aromatic carbocycles. The number of benzene rings is 7. The van der Waals surface area contributed by atoms with E-state index in [1.807, 2.05) is 0 Å². The molecular weight excluding hydrogens is 1020 g/mol. The highest BCUT2D eigenvalue weighted by molar-refractivity contribution is 6.77. The summed E-state index contributed by atoms with van der Waals surface area (Å²) in [5, 5.41) is 7.56. The van der Waals surface area contributed by atoms with Crippen molar-refractivity contribution in [1.29, 1.82) is 0 Å². The van der Waals surface area contributed by atoms with E-state index in [0.29, 0.717) is 47.9 Å². The van der Waals surface area contributed by atoms with Crippen LogP contribution in [0.5, 0.6) is 0 Å². The molecule has 0 bridgehead atoms. The largest absolute Gasteiger partial charge is 0.268 e. The lowest BCUT2D eigenvalue weighted by Gasteiger charge is -2.36. The van der Waals surface area contributed by atoms with Crippen molar-refractivity contribution in [2.75, 3.05) is 9.80 Å². The van der Waals surface area contributed by atoms with Crippen molar-refractivity contribution in [2.45, 2.75) is 207 Å². The molecule has 78 heavy (non-hydrogen) atoms. The summed E-state index contributed by atoms with van der Waals surface area (Å²) in [5.41, 5.74) is 12.1. The van der Waals surface area contributed by atoms with Gasteiger partial charge in [-0.15, -0.1) is 0 Å². The van der Waals surface area contributed by atoms with Gasteiger partial charge in [0.25, 0.3) is 23.6 Å². The molecule has 0 saturated carbocycles. The van der Waals surface area contributed by atoms with Gasteiger partial charge in [0.2, 0.25) is 0 Å². The molecule has 0 radical (unpaired) electrons. The number of rotatable bonds is 18. The zero-order valence-electron chi connectivity index (χ0n) is 51.3. The summed E-state index contributed by atoms with van der Waals surface area (Å²) >= 11 is 0. The first-order valence-corrected chi connectivity index (χ1v) is 44.4. The molecule has 0 fully saturated rings. The monoisotopic (exact) mass is 1110 g/mol. The van der Waals surface area contributed by atoms with Crippen molar-refractivity contribution in [2.24, 2.45) is 0 Å². The average molecular weight is 1110 g/mol. The minimum atomic E-state index is -1.69. The Morgan fingerprint density at radius 3 is 0.718 bits per heavy atom. The second-order valence-corrected chi connectivity index (χ2v) is 52.1. The van der Waals surface area contributed by atoms with Crippen LogP contribution in [-0.2, 0) is 25.7 Å². The van der Waals surface area contributed by atoms with Crippen molar-refractivity contribution in [3.63, 3.8) is 0 Å². The third kappa shape index (κ3) is 10.4. The molecule has 412 valence electrons. The van der Waals surface area contributed by atoms with Crippen LogP contribution in [0.15, 0.2) is 60.7 Å². The predicted molar refractivity (Wildman–Crippen MR) is 347 cm³/mol. The topological polar surface area (TPSA) is 74.8 Å². The Kier molecular flexibility index (Phi) is 15.2. The van der Waals surface area contributed by atoms with Crippen LogP contribution in [0.2, 0.25) is 103 Å². The quantitative estimate of drug-likeness (QED) is 0.0371. The molecule has 9 rings (SSSR count). The summed E-state index contributed by atoms with van der Waals surface area (Å²) in [6.07, 6.45) is 2.81. The minimum absolute atomic E-state index is 0.0748. The van der Waals surface area contributed by atoms with Crippen LogP contribution in [0.1, 0.15) is 165 Å². The Hall–Kier alpha value is -5.01. The van der Waals surface area contributed by atoms with E-state index in [9.17, 15) is 0 Å². The maximum atomic E-state index is 16.3. The van der Waals surface area contributed by atoms with Crippen LogP contribution in [0.3, 0.4) is 0 Å². The van der Waals surface area contributed by atoms with Crippen molar-refractivity contribution in [1.82, 2.24) is 0 Å². The van der Waals surface area contributed by atoms with Gasteiger partial charge >= 0.3 is 0 Å². The molecule has 7 aromatic rings. The molecule has 10 heteroatoms. The summed E-state index contributed by atoms with van der Waals surface area (Å²) in [4.78, 5) is 68.4. The summed E-state index contributed by atoms with van der Waals surface area (Å²) in [5.74, 6) is -0.611. The smallest absolute Gasteiger partial charge is 0.266 e. The van der Waals surface area contributed by atoms with Crippen LogP contribution in [-0.4, -0.2) is 55.9 Å². The number of nitrogens with zero attached hydrogens (tertiary/aromatic N) is 2. The van der Waals surface area contributed by atoms with E-state index < -0.39 is 32.3 Å². The average Bonchev–Trinajstić information content (AvgIpc) is 3.04. The van der Waals surface area contributed by atoms with Crippen molar-refractivity contribution < 1.29 is 19.2 Å². The van der Waals surface area contributed by atoms with Gasteiger partial charge in [-0.05, 0) is 150 Å². The highest BCUT2D eigenvalue weighted by atomic mass is 28.3. The SMILES string of the molecule is CC(C)c1cccc(C(C)C)c1N1C(=O)c2c(CC[Si](C)(C)C)cc3c4cc(CC[Si](C)(C)C)c5c6c(c(CC[Si](C)(C)C)cc(c7cc(CC[Si](C)(C)C)c(c2c37)C1=O)c64)C(=O)N(c1c(C(C)C)cccc1C(C)C)C5=O. The van der Waals surface area contributed by atoms with E-state index in [4.69, 9.17) is 0 Å². The molecule has 4 amide bonds. The molecule has 0 unspecified atom stereocenters. The standard InChI is InChI=1S/C68H90N2O4Si4/c1-39(2)47-23-21-24-48(40(3)4)63(47)69-65(71)55-43(27-31-75(9,10)11)35-51-53-37-45(29-33-77(15,16)17)57-62-58(68(74)70(67(57)73)64-49(41(5)6)25-22-26-50(64)42(7)8)46(30-34-78(18,19)20)38-54(60(53)62)52-36-44(28-32-76(12,13)14)56(66(69)72)61(55)59(51)52/h21-26,35-42H,27-34H2,1-20H3. The van der Waals surface area contributed by atoms with Crippen LogP contribution < -0.4 is 9.80 Å². The van der Waals surface area contributed by atoms with E-state index in [2.05, 4.69) is 195 Å². The van der Waals surface area contributed by atoms with Gasteiger partial charge in [0.1, 0.15) is 0 Å². The first-order chi connectivity index (χ1) is 36.2. The first-order valence-electron chi connectivity index (χ1n) is 29.6. The minimum Gasteiger partial charge on any atom is -0.268 e. The molecule has 2 aliphatic heterocycles. The molecule has 0 spiro atoms. The summed E-state index contributed by atoms with van der Waals surface area (Å²) in [6, 6.07) is 25.8. The number of hydrogen-bond donors (Lipinski definition) is 0. The van der Waals surface area contributed by atoms with Crippen LogP contribution >= 0.6 is 0 Å². The molecule has 2 heterocycles. The fraction of sp³-hybridized carbons (Fsp3) is 0.471. The molecule has 0 aliphatic carbocycles. The summed E-state index contributed by atoms with van der Waals surface area (Å²) in [6.45, 7) is 46.1. The Bertz CT molecular complexity index is 3160. The number of anilines is 2. The molecular formula is C68H90N2O4Si4. The lowest BCUT2D eigenvalue weighted by Crippen LogP contribution is -2.43. The zero-order valence-corrected chi connectivity index (χ0v) is 55.3. The van der Waals surface area contributed by atoms with Crippen LogP contribution in [0.4, 0.5) is 11.4 Å². The third-order valence-corrected chi connectivity index (χ3v) is 24.1. The van der Waals surface area contributed by atoms with Crippen molar-refractivity contribution in [3.05, 3.63) is 127 Å². The molecule has 2 aliphatic rings. The Balaban J connectivity index is 1.51. The number of imide groups is 2. The van der Waals surface area contributed by atoms with Crippen molar-refractivity contribution in [3.8, 4) is 0 Å². The number of fused-ring (bicyclic) bond motifs is 2. The van der Waals surface area contributed by atoms with Crippen molar-refractivity contribution >= 4 is 110 Å². The maximum Gasteiger partial charge on any atom is 0.266 e. The highest BCUT2D eigenvalue weighted by Gasteiger charge is 2.44. The van der Waals surface area contributed by atoms with Gasteiger partial charge in [0.15, 0.2) is 0 Å². The number of amides is 4. The Morgan fingerprint density at radius 2 is 0.538 bits per heavy atom. The Labute approximate surface area is 471 Å². The normalized spacial score (nSPS) is 14.8. The first kappa shape index (κ1) is 57.7. The van der Waals surface area contributed by atoms with Gasteiger partial charge in [-0.25, -0.2) is 9.80 Å². The fourth-order valence-corrected chi connectivity index (χ4v) is 16.8. The lowest BCUT2D eigenvalue weighted by atomic mass is 9.76. The van der Waals surface area contributed by atoms with E-state index >= 15 is 19.2 Å². The van der Waals surface area contributed by atoms with Gasteiger partial charge in [0, 0.05) is 43.1 Å². The van der Waals surface area contributed by atoms with E-state index in [0.717, 1.165) is 123 Å². The van der Waals surface area contributed by atoms with Gasteiger partial charge in [0.05, 0.1) is 33.6 Å². The molecule has 0 saturated heterocycles. The van der Waals surface area contributed by atoms with Gasteiger partial charge < -0.3 is 0 Å². The number of carbonyl (C=O) groups excluding carboxylic acids is 4. The predicted octanol–water partition coefficient (Wildman–Crippen LogP) is 19.4. The molecule has 0 atom stereocenters.